The number of aromatic nitrogens is 2. The van der Waals surface area contributed by atoms with Crippen molar-refractivity contribution in [1.82, 2.24) is 10.1 Å². The topological polar surface area (TPSA) is 42.2 Å². The van der Waals surface area contributed by atoms with Gasteiger partial charge in [0, 0.05) is 34.6 Å². The van der Waals surface area contributed by atoms with Gasteiger partial charge < -0.3 is 9.42 Å². The summed E-state index contributed by atoms with van der Waals surface area (Å²) < 4.78 is 5.34. The summed E-state index contributed by atoms with van der Waals surface area (Å²) >= 11 is 9.25. The molecule has 0 unspecified atom stereocenters. The molecule has 4 nitrogen and oxygen atoms in total. The third kappa shape index (κ3) is 5.17. The van der Waals surface area contributed by atoms with E-state index in [0.29, 0.717) is 23.2 Å². The van der Waals surface area contributed by atoms with Crippen molar-refractivity contribution in [2.75, 3.05) is 19.0 Å². The van der Waals surface area contributed by atoms with Gasteiger partial charge in [0.1, 0.15) is 0 Å². The maximum Gasteiger partial charge on any atom is 0.237 e. The van der Waals surface area contributed by atoms with E-state index in [1.165, 1.54) is 10.6 Å². The Bertz CT molecular complexity index is 821. The van der Waals surface area contributed by atoms with E-state index in [1.807, 2.05) is 50.5 Å². The zero-order chi connectivity index (χ0) is 17.6. The van der Waals surface area contributed by atoms with Gasteiger partial charge in [0.25, 0.3) is 0 Å². The first-order valence-electron chi connectivity index (χ1n) is 7.71. The summed E-state index contributed by atoms with van der Waals surface area (Å²) in [6.07, 6.45) is 0. The van der Waals surface area contributed by atoms with Crippen molar-refractivity contribution in [3.63, 3.8) is 0 Å². The monoisotopic (exact) mass is 391 g/mol. The van der Waals surface area contributed by atoms with Crippen LogP contribution in [0, 0.1) is 0 Å². The minimum atomic E-state index is 0.636. The van der Waals surface area contributed by atoms with Crippen LogP contribution in [0.3, 0.4) is 0 Å². The Morgan fingerprint density at radius 2 is 1.76 bits per heavy atom. The maximum absolute atomic E-state index is 5.89. The number of nitrogens with zero attached hydrogens (tertiary/aromatic N) is 3. The summed E-state index contributed by atoms with van der Waals surface area (Å²) in [5, 5.41) is 4.81. The average Bonchev–Trinajstić information content (AvgIpc) is 3.07. The zero-order valence-corrected chi connectivity index (χ0v) is 16.4. The Hall–Kier alpha value is -1.63. The van der Waals surface area contributed by atoms with Crippen molar-refractivity contribution in [1.29, 1.82) is 0 Å². The number of hydrogen-bond donors (Lipinski definition) is 0. The molecule has 0 saturated heterocycles. The number of hydrogen-bond acceptors (Lipinski definition) is 6. The van der Waals surface area contributed by atoms with E-state index >= 15 is 0 Å². The van der Waals surface area contributed by atoms with E-state index in [2.05, 4.69) is 27.2 Å². The first kappa shape index (κ1) is 18.2. The highest BCUT2D eigenvalue weighted by atomic mass is 35.5. The molecule has 130 valence electrons. The first-order valence-corrected chi connectivity index (χ1v) is 10.1. The molecule has 0 N–H and O–H groups in total. The zero-order valence-electron chi connectivity index (χ0n) is 14.0. The number of benzene rings is 2. The minimum Gasteiger partial charge on any atom is -0.377 e. The van der Waals surface area contributed by atoms with Gasteiger partial charge in [-0.3, -0.25) is 0 Å². The van der Waals surface area contributed by atoms with Crippen molar-refractivity contribution in [3.8, 4) is 0 Å². The molecule has 0 fully saturated rings. The van der Waals surface area contributed by atoms with Gasteiger partial charge in [-0.25, -0.2) is 0 Å². The average molecular weight is 392 g/mol. The third-order valence-electron chi connectivity index (χ3n) is 3.39. The Morgan fingerprint density at radius 1 is 1.00 bits per heavy atom. The minimum absolute atomic E-state index is 0.636. The van der Waals surface area contributed by atoms with E-state index in [1.54, 1.807) is 23.5 Å². The summed E-state index contributed by atoms with van der Waals surface area (Å²) in [6.45, 7) is 0. The molecule has 1 heterocycles. The SMILES string of the molecule is CN(C)c1ccccc1SCc1noc(CSc2ccc(Cl)cc2)n1. The van der Waals surface area contributed by atoms with Gasteiger partial charge in [0.2, 0.25) is 5.89 Å². The lowest BCUT2D eigenvalue weighted by Gasteiger charge is -2.16. The Kier molecular flexibility index (Phi) is 6.29. The van der Waals surface area contributed by atoms with Gasteiger partial charge >= 0.3 is 0 Å². The van der Waals surface area contributed by atoms with E-state index in [-0.39, 0.29) is 0 Å². The van der Waals surface area contributed by atoms with Crippen LogP contribution in [0.15, 0.2) is 62.8 Å². The molecule has 25 heavy (non-hydrogen) atoms. The largest absolute Gasteiger partial charge is 0.377 e. The van der Waals surface area contributed by atoms with E-state index in [4.69, 9.17) is 16.1 Å². The molecule has 0 atom stereocenters. The Labute approximate surface area is 160 Å². The van der Waals surface area contributed by atoms with Gasteiger partial charge in [-0.1, -0.05) is 28.9 Å². The highest BCUT2D eigenvalue weighted by Gasteiger charge is 2.10. The molecule has 1 aromatic heterocycles. The van der Waals surface area contributed by atoms with Crippen LogP contribution in [0.4, 0.5) is 5.69 Å². The highest BCUT2D eigenvalue weighted by Crippen LogP contribution is 2.31. The summed E-state index contributed by atoms with van der Waals surface area (Å²) in [5.41, 5.74) is 1.19. The molecule has 0 spiro atoms. The lowest BCUT2D eigenvalue weighted by molar-refractivity contribution is 0.386. The number of thioether (sulfide) groups is 2. The van der Waals surface area contributed by atoms with Crippen LogP contribution < -0.4 is 4.90 Å². The Balaban J connectivity index is 1.56. The molecule has 0 amide bonds. The standard InChI is InChI=1S/C18H18ClN3OS2/c1-22(2)15-5-3-4-6-16(15)25-11-17-20-18(23-21-17)12-24-14-9-7-13(19)8-10-14/h3-10H,11-12H2,1-2H3. The van der Waals surface area contributed by atoms with Crippen LogP contribution in [0.5, 0.6) is 0 Å². The lowest BCUT2D eigenvalue weighted by atomic mass is 10.3. The summed E-state index contributed by atoms with van der Waals surface area (Å²) in [6, 6.07) is 16.0. The second-order valence-corrected chi connectivity index (χ2v) is 8.00. The molecular formula is C18H18ClN3OS2. The number of anilines is 1. The second-order valence-electron chi connectivity index (χ2n) is 5.50. The van der Waals surface area contributed by atoms with Gasteiger partial charge in [0.05, 0.1) is 11.5 Å². The molecule has 2 aromatic carbocycles. The van der Waals surface area contributed by atoms with Gasteiger partial charge in [0.15, 0.2) is 5.82 Å². The van der Waals surface area contributed by atoms with Crippen LogP contribution in [0.1, 0.15) is 11.7 Å². The molecule has 3 rings (SSSR count). The Morgan fingerprint density at radius 3 is 2.52 bits per heavy atom. The summed E-state index contributed by atoms with van der Waals surface area (Å²) in [7, 11) is 4.08. The summed E-state index contributed by atoms with van der Waals surface area (Å²) in [4.78, 5) is 8.90. The molecule has 0 bridgehead atoms. The van der Waals surface area contributed by atoms with Crippen molar-refractivity contribution >= 4 is 40.8 Å². The molecule has 0 radical (unpaired) electrons. The van der Waals surface area contributed by atoms with Crippen molar-refractivity contribution in [2.45, 2.75) is 21.3 Å². The van der Waals surface area contributed by atoms with E-state index in [9.17, 15) is 0 Å². The van der Waals surface area contributed by atoms with Crippen molar-refractivity contribution in [3.05, 3.63) is 65.3 Å². The van der Waals surface area contributed by atoms with Crippen molar-refractivity contribution < 1.29 is 4.52 Å². The lowest BCUT2D eigenvalue weighted by Crippen LogP contribution is -2.09. The molecule has 0 aliphatic rings. The fourth-order valence-electron chi connectivity index (χ4n) is 2.17. The number of para-hydroxylation sites is 1. The maximum atomic E-state index is 5.89. The molecule has 3 aromatic rings. The molecule has 7 heteroatoms. The van der Waals surface area contributed by atoms with E-state index < -0.39 is 0 Å². The van der Waals surface area contributed by atoms with Crippen LogP contribution >= 0.6 is 35.1 Å². The smallest absolute Gasteiger partial charge is 0.237 e. The van der Waals surface area contributed by atoms with Crippen LogP contribution in [0.25, 0.3) is 0 Å². The van der Waals surface area contributed by atoms with Crippen LogP contribution in [-0.2, 0) is 11.5 Å². The van der Waals surface area contributed by atoms with Gasteiger partial charge in [-0.2, -0.15) is 4.98 Å². The predicted octanol–water partition coefficient (Wildman–Crippen LogP) is 5.37. The van der Waals surface area contributed by atoms with Crippen molar-refractivity contribution in [2.24, 2.45) is 0 Å². The normalized spacial score (nSPS) is 10.8. The molecule has 0 aliphatic carbocycles. The molecule has 0 saturated carbocycles. The molecule has 0 aliphatic heterocycles. The number of rotatable bonds is 7. The fraction of sp³-hybridized carbons (Fsp3) is 0.222. The van der Waals surface area contributed by atoms with Crippen LogP contribution in [0.2, 0.25) is 5.02 Å². The van der Waals surface area contributed by atoms with Gasteiger partial charge in [-0.15, -0.1) is 23.5 Å². The quantitative estimate of drug-likeness (QED) is 0.504. The molecular weight excluding hydrogens is 374 g/mol. The predicted molar refractivity (Wildman–Crippen MR) is 106 cm³/mol. The number of halogens is 1. The summed E-state index contributed by atoms with van der Waals surface area (Å²) in [5.74, 6) is 2.68. The second kappa shape index (κ2) is 8.65. The highest BCUT2D eigenvalue weighted by molar-refractivity contribution is 7.98. The fourth-order valence-corrected chi connectivity index (χ4v) is 4.01. The van der Waals surface area contributed by atoms with Gasteiger partial charge in [-0.05, 0) is 36.4 Å². The first-order chi connectivity index (χ1) is 12.1. The third-order valence-corrected chi connectivity index (χ3v) is 5.70. The van der Waals surface area contributed by atoms with E-state index in [0.717, 1.165) is 9.92 Å². The van der Waals surface area contributed by atoms with Crippen LogP contribution in [-0.4, -0.2) is 24.2 Å².